The third-order valence-electron chi connectivity index (χ3n) is 2.74. The molecule has 0 saturated carbocycles. The van der Waals surface area contributed by atoms with Crippen LogP contribution in [-0.4, -0.2) is 12.6 Å². The van der Waals surface area contributed by atoms with E-state index in [1.807, 2.05) is 60.7 Å². The summed E-state index contributed by atoms with van der Waals surface area (Å²) < 4.78 is 6.08. The van der Waals surface area contributed by atoms with Crippen LogP contribution in [0.2, 0.25) is 0 Å². The van der Waals surface area contributed by atoms with Crippen molar-refractivity contribution < 1.29 is 9.53 Å². The van der Waals surface area contributed by atoms with Crippen LogP contribution in [0.25, 0.3) is 11.6 Å². The number of carbonyl (C=O) groups is 1. The van der Waals surface area contributed by atoms with E-state index in [2.05, 4.69) is 15.9 Å². The van der Waals surface area contributed by atoms with Crippen molar-refractivity contribution in [2.45, 2.75) is 6.92 Å². The van der Waals surface area contributed by atoms with E-state index in [0.717, 1.165) is 15.6 Å². The highest BCUT2D eigenvalue weighted by Crippen LogP contribution is 2.23. The average Bonchev–Trinajstić information content (AvgIpc) is 2.46. The summed E-state index contributed by atoms with van der Waals surface area (Å²) in [6, 6.07) is 17.4. The molecule has 0 atom stereocenters. The van der Waals surface area contributed by atoms with Crippen molar-refractivity contribution in [2.75, 3.05) is 6.61 Å². The van der Waals surface area contributed by atoms with Gasteiger partial charge in [-0.25, -0.2) is 4.79 Å². The maximum atomic E-state index is 12.2. The molecule has 0 radical (unpaired) electrons. The Morgan fingerprint density at radius 1 is 1.15 bits per heavy atom. The maximum Gasteiger partial charge on any atom is 0.338 e. The zero-order valence-electron chi connectivity index (χ0n) is 11.2. The van der Waals surface area contributed by atoms with Crippen LogP contribution >= 0.6 is 15.9 Å². The Balaban J connectivity index is 2.45. The number of rotatable bonds is 4. The number of ether oxygens (including phenoxy) is 1. The van der Waals surface area contributed by atoms with Crippen molar-refractivity contribution in [3.05, 3.63) is 70.2 Å². The lowest BCUT2D eigenvalue weighted by molar-refractivity contribution is -0.136. The summed E-state index contributed by atoms with van der Waals surface area (Å²) in [5, 5.41) is 0. The van der Waals surface area contributed by atoms with Gasteiger partial charge in [-0.1, -0.05) is 58.4 Å². The fourth-order valence-electron chi connectivity index (χ4n) is 1.84. The quantitative estimate of drug-likeness (QED) is 0.467. The Morgan fingerprint density at radius 2 is 1.90 bits per heavy atom. The summed E-state index contributed by atoms with van der Waals surface area (Å²) in [6.45, 7) is 2.16. The van der Waals surface area contributed by atoms with Crippen molar-refractivity contribution in [1.29, 1.82) is 0 Å². The first-order valence-corrected chi connectivity index (χ1v) is 7.20. The van der Waals surface area contributed by atoms with Crippen molar-refractivity contribution in [1.82, 2.24) is 0 Å². The number of esters is 1. The minimum Gasteiger partial charge on any atom is -0.462 e. The maximum absolute atomic E-state index is 12.2. The van der Waals surface area contributed by atoms with Crippen LogP contribution < -0.4 is 0 Å². The second kappa shape index (κ2) is 7.06. The van der Waals surface area contributed by atoms with Gasteiger partial charge < -0.3 is 4.74 Å². The van der Waals surface area contributed by atoms with E-state index in [1.54, 1.807) is 6.92 Å². The molecule has 0 saturated heterocycles. The monoisotopic (exact) mass is 330 g/mol. The fourth-order valence-corrected chi connectivity index (χ4v) is 2.24. The minimum absolute atomic E-state index is 0.311. The van der Waals surface area contributed by atoms with Crippen molar-refractivity contribution in [3.63, 3.8) is 0 Å². The normalized spacial score (nSPS) is 11.2. The van der Waals surface area contributed by atoms with Crippen LogP contribution in [0.5, 0.6) is 0 Å². The first-order valence-electron chi connectivity index (χ1n) is 6.40. The molecule has 0 bridgehead atoms. The topological polar surface area (TPSA) is 26.3 Å². The van der Waals surface area contributed by atoms with E-state index in [0.29, 0.717) is 12.2 Å². The molecule has 0 amide bonds. The number of benzene rings is 2. The number of hydrogen-bond donors (Lipinski definition) is 0. The van der Waals surface area contributed by atoms with Crippen LogP contribution in [0.15, 0.2) is 59.1 Å². The molecule has 0 aliphatic rings. The lowest BCUT2D eigenvalue weighted by Gasteiger charge is -2.08. The molecule has 0 unspecified atom stereocenters. The molecule has 2 nitrogen and oxygen atoms in total. The van der Waals surface area contributed by atoms with Crippen LogP contribution in [0.4, 0.5) is 0 Å². The van der Waals surface area contributed by atoms with E-state index in [9.17, 15) is 4.79 Å². The summed E-state index contributed by atoms with van der Waals surface area (Å²) in [6.07, 6.45) is 1.85. The first kappa shape index (κ1) is 14.5. The molecule has 2 aromatic rings. The highest BCUT2D eigenvalue weighted by Gasteiger charge is 2.13. The van der Waals surface area contributed by atoms with Gasteiger partial charge in [0.1, 0.15) is 0 Å². The molecule has 0 fully saturated rings. The molecule has 102 valence electrons. The van der Waals surface area contributed by atoms with Crippen molar-refractivity contribution >= 4 is 33.5 Å². The Morgan fingerprint density at radius 3 is 2.55 bits per heavy atom. The van der Waals surface area contributed by atoms with Crippen LogP contribution in [0.3, 0.4) is 0 Å². The molecule has 3 heteroatoms. The Hall–Kier alpha value is -1.87. The molecule has 0 N–H and O–H groups in total. The minimum atomic E-state index is -0.311. The van der Waals surface area contributed by atoms with Crippen molar-refractivity contribution in [2.24, 2.45) is 0 Å². The third-order valence-corrected chi connectivity index (χ3v) is 3.23. The van der Waals surface area contributed by atoms with Crippen molar-refractivity contribution in [3.8, 4) is 0 Å². The highest BCUT2D eigenvalue weighted by molar-refractivity contribution is 9.10. The summed E-state index contributed by atoms with van der Waals surface area (Å²) in [5.74, 6) is -0.311. The molecule has 0 aliphatic heterocycles. The second-order valence-electron chi connectivity index (χ2n) is 4.20. The first-order chi connectivity index (χ1) is 9.70. The molecule has 0 aromatic heterocycles. The predicted octanol–water partition coefficient (Wildman–Crippen LogP) is 4.55. The summed E-state index contributed by atoms with van der Waals surface area (Å²) in [5.41, 5.74) is 2.36. The zero-order chi connectivity index (χ0) is 14.4. The lowest BCUT2D eigenvalue weighted by Crippen LogP contribution is -2.06. The molecular formula is C17H15BrO2. The zero-order valence-corrected chi connectivity index (χ0v) is 12.8. The fraction of sp³-hybridized carbons (Fsp3) is 0.118. The van der Waals surface area contributed by atoms with Crippen LogP contribution in [0, 0.1) is 0 Å². The van der Waals surface area contributed by atoms with E-state index in [-0.39, 0.29) is 5.97 Å². The predicted molar refractivity (Wildman–Crippen MR) is 85.1 cm³/mol. The van der Waals surface area contributed by atoms with Gasteiger partial charge in [0.05, 0.1) is 12.2 Å². The standard InChI is InChI=1S/C17H15BrO2/c1-2-20-17(19)16(11-13-7-4-3-5-8-13)14-9-6-10-15(18)12-14/h3-12H,2H2,1H3. The van der Waals surface area contributed by atoms with Gasteiger partial charge >= 0.3 is 5.97 Å². The van der Waals surface area contributed by atoms with Gasteiger partial charge in [-0.2, -0.15) is 0 Å². The van der Waals surface area contributed by atoms with Gasteiger partial charge in [0, 0.05) is 4.47 Å². The summed E-state index contributed by atoms with van der Waals surface area (Å²) in [7, 11) is 0. The van der Waals surface area contributed by atoms with E-state index in [1.165, 1.54) is 0 Å². The van der Waals surface area contributed by atoms with E-state index in [4.69, 9.17) is 4.74 Å². The SMILES string of the molecule is CCOC(=O)C(=Cc1ccccc1)c1cccc(Br)c1. The Bertz CT molecular complexity index is 618. The number of halogens is 1. The largest absolute Gasteiger partial charge is 0.462 e. The number of carbonyl (C=O) groups excluding carboxylic acids is 1. The van der Waals surface area contributed by atoms with Crippen LogP contribution in [0.1, 0.15) is 18.1 Å². The van der Waals surface area contributed by atoms with Gasteiger partial charge in [0.15, 0.2) is 0 Å². The third kappa shape index (κ3) is 3.81. The number of hydrogen-bond acceptors (Lipinski definition) is 2. The highest BCUT2D eigenvalue weighted by atomic mass is 79.9. The van der Waals surface area contributed by atoms with E-state index < -0.39 is 0 Å². The molecule has 0 aliphatic carbocycles. The molecule has 2 rings (SSSR count). The van der Waals surface area contributed by atoms with Gasteiger partial charge in [0.25, 0.3) is 0 Å². The van der Waals surface area contributed by atoms with Crippen LogP contribution in [-0.2, 0) is 9.53 Å². The molecule has 0 heterocycles. The molecular weight excluding hydrogens is 316 g/mol. The second-order valence-corrected chi connectivity index (χ2v) is 5.12. The molecule has 20 heavy (non-hydrogen) atoms. The van der Waals surface area contributed by atoms with Gasteiger partial charge in [-0.05, 0) is 36.3 Å². The smallest absolute Gasteiger partial charge is 0.338 e. The Labute approximate surface area is 127 Å². The van der Waals surface area contributed by atoms with Gasteiger partial charge in [0.2, 0.25) is 0 Å². The average molecular weight is 331 g/mol. The van der Waals surface area contributed by atoms with E-state index >= 15 is 0 Å². The Kier molecular flexibility index (Phi) is 5.13. The molecule has 0 spiro atoms. The molecule has 2 aromatic carbocycles. The summed E-state index contributed by atoms with van der Waals surface area (Å²) in [4.78, 5) is 12.2. The lowest BCUT2D eigenvalue weighted by atomic mass is 10.0. The van der Waals surface area contributed by atoms with Gasteiger partial charge in [-0.3, -0.25) is 0 Å². The summed E-state index contributed by atoms with van der Waals surface area (Å²) >= 11 is 3.42. The van der Waals surface area contributed by atoms with Gasteiger partial charge in [-0.15, -0.1) is 0 Å².